The standard InChI is InChI=1S/C18H22N6O.CH2O2/c25-17-5-13-8-23(7-12(13)4-16(17)24-11-19-10-22-24)9-14-6-21-18-15(14)2-1-3-20-18;2-1-3/h1-3,6,10-13,16-17,25H,4-5,7-9H2,(H,20,21);1H,(H,2,3)/t12-,13+,16-,17-;/m1./s1. The van der Waals surface area contributed by atoms with Gasteiger partial charge in [-0.2, -0.15) is 5.10 Å². The first kappa shape index (κ1) is 18.6. The highest BCUT2D eigenvalue weighted by atomic mass is 16.3. The Labute approximate surface area is 162 Å². The van der Waals surface area contributed by atoms with Crippen LogP contribution in [-0.4, -0.2) is 65.5 Å². The molecule has 1 saturated carbocycles. The second-order valence-corrected chi connectivity index (χ2v) is 7.51. The molecule has 5 rings (SSSR count). The average molecular weight is 384 g/mol. The molecule has 0 radical (unpaired) electrons. The number of pyridine rings is 1. The highest BCUT2D eigenvalue weighted by Gasteiger charge is 2.42. The van der Waals surface area contributed by atoms with Gasteiger partial charge in [0.15, 0.2) is 0 Å². The summed E-state index contributed by atoms with van der Waals surface area (Å²) in [5.74, 6) is 1.18. The Morgan fingerprint density at radius 2 is 2.07 bits per heavy atom. The van der Waals surface area contributed by atoms with Gasteiger partial charge in [0.25, 0.3) is 6.47 Å². The molecule has 3 aromatic heterocycles. The van der Waals surface area contributed by atoms with Gasteiger partial charge in [-0.15, -0.1) is 0 Å². The lowest BCUT2D eigenvalue weighted by Crippen LogP contribution is -2.36. The van der Waals surface area contributed by atoms with E-state index in [1.165, 1.54) is 10.9 Å². The van der Waals surface area contributed by atoms with E-state index >= 15 is 0 Å². The molecule has 3 N–H and O–H groups in total. The van der Waals surface area contributed by atoms with Crippen molar-refractivity contribution in [1.82, 2.24) is 29.6 Å². The summed E-state index contributed by atoms with van der Waals surface area (Å²) < 4.78 is 1.83. The van der Waals surface area contributed by atoms with Crippen LogP contribution in [0.2, 0.25) is 0 Å². The lowest BCUT2D eigenvalue weighted by Gasteiger charge is -2.35. The van der Waals surface area contributed by atoms with E-state index in [1.807, 2.05) is 16.9 Å². The zero-order valence-electron chi connectivity index (χ0n) is 15.4. The molecule has 0 spiro atoms. The highest BCUT2D eigenvalue weighted by molar-refractivity contribution is 5.79. The molecule has 1 saturated heterocycles. The number of carboxylic acid groups (broad SMARTS) is 1. The Kier molecular flexibility index (Phi) is 5.36. The van der Waals surface area contributed by atoms with Gasteiger partial charge < -0.3 is 15.2 Å². The molecular weight excluding hydrogens is 360 g/mol. The fraction of sp³-hybridized carbons (Fsp3) is 0.474. The van der Waals surface area contributed by atoms with Crippen LogP contribution in [-0.2, 0) is 11.3 Å². The first-order valence-electron chi connectivity index (χ1n) is 9.43. The molecule has 0 unspecified atom stereocenters. The van der Waals surface area contributed by atoms with Crippen LogP contribution in [0.4, 0.5) is 0 Å². The molecule has 0 bridgehead atoms. The third-order valence-corrected chi connectivity index (χ3v) is 5.89. The van der Waals surface area contributed by atoms with E-state index in [1.54, 1.807) is 12.7 Å². The van der Waals surface area contributed by atoms with Crippen LogP contribution in [0.1, 0.15) is 24.4 Å². The van der Waals surface area contributed by atoms with Crippen LogP contribution in [0.25, 0.3) is 11.0 Å². The smallest absolute Gasteiger partial charge is 0.290 e. The average Bonchev–Trinajstić information content (AvgIpc) is 3.42. The molecule has 9 nitrogen and oxygen atoms in total. The molecule has 9 heteroatoms. The third kappa shape index (κ3) is 3.63. The fourth-order valence-electron chi connectivity index (χ4n) is 4.69. The zero-order chi connectivity index (χ0) is 19.5. The molecule has 4 atom stereocenters. The molecule has 1 aliphatic heterocycles. The summed E-state index contributed by atoms with van der Waals surface area (Å²) in [6, 6.07) is 4.17. The van der Waals surface area contributed by atoms with Crippen molar-refractivity contribution in [2.45, 2.75) is 31.5 Å². The van der Waals surface area contributed by atoms with Gasteiger partial charge in [0.2, 0.25) is 0 Å². The number of carbonyl (C=O) groups is 1. The van der Waals surface area contributed by atoms with Crippen molar-refractivity contribution in [3.63, 3.8) is 0 Å². The molecule has 2 fully saturated rings. The van der Waals surface area contributed by atoms with Crippen LogP contribution in [0.5, 0.6) is 0 Å². The number of aromatic amines is 1. The minimum Gasteiger partial charge on any atom is -0.483 e. The minimum atomic E-state index is -0.333. The number of aromatic nitrogens is 5. The van der Waals surface area contributed by atoms with Gasteiger partial charge in [0.1, 0.15) is 18.3 Å². The molecule has 2 aliphatic rings. The van der Waals surface area contributed by atoms with Crippen LogP contribution < -0.4 is 0 Å². The van der Waals surface area contributed by atoms with E-state index in [0.717, 1.165) is 38.1 Å². The number of H-pyrrole nitrogens is 1. The topological polar surface area (TPSA) is 120 Å². The Balaban J connectivity index is 0.000000604. The van der Waals surface area contributed by atoms with Crippen molar-refractivity contribution in [1.29, 1.82) is 0 Å². The van der Waals surface area contributed by atoms with E-state index in [4.69, 9.17) is 9.90 Å². The first-order chi connectivity index (χ1) is 13.7. The number of aliphatic hydroxyl groups excluding tert-OH is 1. The Hall–Kier alpha value is -2.78. The van der Waals surface area contributed by atoms with E-state index in [9.17, 15) is 5.11 Å². The lowest BCUT2D eigenvalue weighted by molar-refractivity contribution is -0.122. The zero-order valence-corrected chi connectivity index (χ0v) is 15.4. The summed E-state index contributed by atoms with van der Waals surface area (Å²) in [5, 5.41) is 22.9. The number of likely N-dealkylation sites (tertiary alicyclic amines) is 1. The maximum absolute atomic E-state index is 10.6. The van der Waals surface area contributed by atoms with Gasteiger partial charge in [-0.3, -0.25) is 9.69 Å². The van der Waals surface area contributed by atoms with Crippen molar-refractivity contribution < 1.29 is 15.0 Å². The largest absolute Gasteiger partial charge is 0.483 e. The van der Waals surface area contributed by atoms with Crippen molar-refractivity contribution in [2.75, 3.05) is 13.1 Å². The number of aliphatic hydroxyl groups is 1. The maximum Gasteiger partial charge on any atom is 0.290 e. The summed E-state index contributed by atoms with van der Waals surface area (Å²) in [5.41, 5.74) is 2.26. The SMILES string of the molecule is O=CO.O[C@@H]1C[C@H]2CN(Cc3c[nH]c4ncccc34)C[C@H]2C[C@H]1n1cncn1. The van der Waals surface area contributed by atoms with Gasteiger partial charge in [-0.25, -0.2) is 14.6 Å². The van der Waals surface area contributed by atoms with E-state index in [-0.39, 0.29) is 18.6 Å². The molecule has 28 heavy (non-hydrogen) atoms. The molecule has 0 amide bonds. The van der Waals surface area contributed by atoms with Crippen molar-refractivity contribution in [3.8, 4) is 0 Å². The van der Waals surface area contributed by atoms with Crippen LogP contribution in [0, 0.1) is 11.8 Å². The normalized spacial score (nSPS) is 27.2. The minimum absolute atomic E-state index is 0.0565. The number of nitrogens with zero attached hydrogens (tertiary/aromatic N) is 5. The van der Waals surface area contributed by atoms with Crippen molar-refractivity contribution in [2.24, 2.45) is 11.8 Å². The van der Waals surface area contributed by atoms with Gasteiger partial charge in [-0.1, -0.05) is 0 Å². The van der Waals surface area contributed by atoms with Crippen molar-refractivity contribution in [3.05, 3.63) is 42.7 Å². The van der Waals surface area contributed by atoms with Gasteiger partial charge >= 0.3 is 0 Å². The van der Waals surface area contributed by atoms with Gasteiger partial charge in [0.05, 0.1) is 12.1 Å². The summed E-state index contributed by atoms with van der Waals surface area (Å²) >= 11 is 0. The molecule has 1 aliphatic carbocycles. The fourth-order valence-corrected chi connectivity index (χ4v) is 4.69. The second kappa shape index (κ2) is 8.07. The Bertz CT molecular complexity index is 911. The predicted molar refractivity (Wildman–Crippen MR) is 101 cm³/mol. The number of hydrogen-bond acceptors (Lipinski definition) is 6. The number of rotatable bonds is 3. The quantitative estimate of drug-likeness (QED) is 0.582. The monoisotopic (exact) mass is 384 g/mol. The van der Waals surface area contributed by atoms with Gasteiger partial charge in [-0.05, 0) is 42.4 Å². The molecule has 3 aromatic rings. The van der Waals surface area contributed by atoms with E-state index in [0.29, 0.717) is 11.8 Å². The van der Waals surface area contributed by atoms with Gasteiger partial charge in [0, 0.05) is 37.4 Å². The lowest BCUT2D eigenvalue weighted by atomic mass is 9.77. The van der Waals surface area contributed by atoms with E-state index in [2.05, 4.69) is 37.2 Å². The number of nitrogens with one attached hydrogen (secondary N) is 1. The predicted octanol–water partition coefficient (Wildman–Crippen LogP) is 1.30. The summed E-state index contributed by atoms with van der Waals surface area (Å²) in [6.45, 7) is 2.82. The summed E-state index contributed by atoms with van der Waals surface area (Å²) in [4.78, 5) is 22.5. The number of hydrogen-bond donors (Lipinski definition) is 3. The Morgan fingerprint density at radius 1 is 1.29 bits per heavy atom. The second-order valence-electron chi connectivity index (χ2n) is 7.51. The summed E-state index contributed by atoms with van der Waals surface area (Å²) in [7, 11) is 0. The van der Waals surface area contributed by atoms with Crippen LogP contribution >= 0.6 is 0 Å². The highest BCUT2D eigenvalue weighted by Crippen LogP contribution is 2.41. The molecule has 0 aromatic carbocycles. The third-order valence-electron chi connectivity index (χ3n) is 5.89. The maximum atomic E-state index is 10.6. The van der Waals surface area contributed by atoms with E-state index < -0.39 is 0 Å². The number of fused-ring (bicyclic) bond motifs is 2. The first-order valence-corrected chi connectivity index (χ1v) is 9.43. The molecular formula is C19H24N6O3. The molecule has 4 heterocycles. The molecule has 148 valence electrons. The van der Waals surface area contributed by atoms with Crippen LogP contribution in [0.15, 0.2) is 37.2 Å². The summed E-state index contributed by atoms with van der Waals surface area (Å²) in [6.07, 6.45) is 8.65. The Morgan fingerprint density at radius 3 is 2.82 bits per heavy atom. The van der Waals surface area contributed by atoms with Crippen molar-refractivity contribution >= 4 is 17.5 Å². The van der Waals surface area contributed by atoms with Crippen LogP contribution in [0.3, 0.4) is 0 Å².